The lowest BCUT2D eigenvalue weighted by atomic mass is 10.3. The molecule has 12 heavy (non-hydrogen) atoms. The van der Waals surface area contributed by atoms with Crippen molar-refractivity contribution in [1.82, 2.24) is 0 Å². The lowest BCUT2D eigenvalue weighted by Crippen LogP contribution is -2.12. The molecule has 0 aliphatic heterocycles. The monoisotopic (exact) mass is 173 g/mol. The van der Waals surface area contributed by atoms with Crippen molar-refractivity contribution >= 4 is 5.97 Å². The van der Waals surface area contributed by atoms with Crippen LogP contribution >= 0.6 is 0 Å². The van der Waals surface area contributed by atoms with Crippen molar-refractivity contribution in [1.29, 1.82) is 0 Å². The number of esters is 1. The first-order valence-electron chi connectivity index (χ1n) is 3.56. The Balaban J connectivity index is 4.43. The standard InChI is InChI=1S/C7H11NO4/c1-3-4-5-6(8(10)11)7(9)12-2/h5H,3-4H2,1-2H3. The van der Waals surface area contributed by atoms with Crippen molar-refractivity contribution in [3.63, 3.8) is 0 Å². The van der Waals surface area contributed by atoms with Gasteiger partial charge in [0.1, 0.15) is 0 Å². The van der Waals surface area contributed by atoms with Gasteiger partial charge in [-0.2, -0.15) is 0 Å². The second kappa shape index (κ2) is 5.29. The molecule has 0 amide bonds. The van der Waals surface area contributed by atoms with E-state index in [9.17, 15) is 14.9 Å². The van der Waals surface area contributed by atoms with Crippen LogP contribution in [0.4, 0.5) is 0 Å². The molecule has 0 saturated heterocycles. The number of allylic oxidation sites excluding steroid dienone is 1. The largest absolute Gasteiger partial charge is 0.461 e. The fourth-order valence-corrected chi connectivity index (χ4v) is 0.618. The summed E-state index contributed by atoms with van der Waals surface area (Å²) in [5.74, 6) is -0.895. The zero-order chi connectivity index (χ0) is 9.56. The summed E-state index contributed by atoms with van der Waals surface area (Å²) in [5, 5.41) is 10.2. The molecule has 0 bridgehead atoms. The van der Waals surface area contributed by atoms with E-state index in [1.807, 2.05) is 6.92 Å². The second-order valence-corrected chi connectivity index (χ2v) is 2.13. The lowest BCUT2D eigenvalue weighted by molar-refractivity contribution is -0.421. The summed E-state index contributed by atoms with van der Waals surface area (Å²) < 4.78 is 4.22. The highest BCUT2D eigenvalue weighted by Crippen LogP contribution is 2.01. The van der Waals surface area contributed by atoms with Crippen molar-refractivity contribution < 1.29 is 14.5 Å². The zero-order valence-corrected chi connectivity index (χ0v) is 7.07. The maximum Gasteiger partial charge on any atom is 0.409 e. The minimum atomic E-state index is -0.895. The third-order valence-corrected chi connectivity index (χ3v) is 1.22. The maximum atomic E-state index is 10.7. The Morgan fingerprint density at radius 3 is 2.58 bits per heavy atom. The number of ether oxygens (including phenoxy) is 1. The SMILES string of the molecule is CCCC=C(C(=O)OC)[N+](=O)[O-]. The summed E-state index contributed by atoms with van der Waals surface area (Å²) in [5.41, 5.74) is -0.487. The summed E-state index contributed by atoms with van der Waals surface area (Å²) >= 11 is 0. The third kappa shape index (κ3) is 3.14. The van der Waals surface area contributed by atoms with Gasteiger partial charge in [0.15, 0.2) is 0 Å². The van der Waals surface area contributed by atoms with Crippen molar-refractivity contribution in [3.8, 4) is 0 Å². The van der Waals surface area contributed by atoms with Crippen LogP contribution in [-0.2, 0) is 9.53 Å². The van der Waals surface area contributed by atoms with E-state index in [1.165, 1.54) is 6.08 Å². The van der Waals surface area contributed by atoms with E-state index < -0.39 is 16.6 Å². The minimum absolute atomic E-state index is 0.487. The van der Waals surface area contributed by atoms with Gasteiger partial charge in [0.25, 0.3) is 0 Å². The molecule has 0 aromatic carbocycles. The number of methoxy groups -OCH3 is 1. The molecule has 0 aliphatic carbocycles. The number of nitro groups is 1. The summed E-state index contributed by atoms with van der Waals surface area (Å²) in [4.78, 5) is 20.2. The fraction of sp³-hybridized carbons (Fsp3) is 0.571. The van der Waals surface area contributed by atoms with Gasteiger partial charge < -0.3 is 4.74 Å². The highest BCUT2D eigenvalue weighted by molar-refractivity contribution is 5.85. The fourth-order valence-electron chi connectivity index (χ4n) is 0.618. The Bertz CT molecular complexity index is 209. The summed E-state index contributed by atoms with van der Waals surface area (Å²) in [6.07, 6.45) is 2.53. The second-order valence-electron chi connectivity index (χ2n) is 2.13. The molecule has 0 heterocycles. The van der Waals surface area contributed by atoms with Crippen LogP contribution in [0.1, 0.15) is 19.8 Å². The molecular weight excluding hydrogens is 162 g/mol. The molecule has 0 spiro atoms. The predicted molar refractivity (Wildman–Crippen MR) is 42.0 cm³/mol. The molecule has 0 saturated carbocycles. The number of hydrogen-bond donors (Lipinski definition) is 0. The number of carbonyl (C=O) groups excluding carboxylic acids is 1. The van der Waals surface area contributed by atoms with Gasteiger partial charge in [-0.15, -0.1) is 0 Å². The van der Waals surface area contributed by atoms with Crippen LogP contribution in [0.5, 0.6) is 0 Å². The van der Waals surface area contributed by atoms with Gasteiger partial charge in [-0.25, -0.2) is 4.79 Å². The first-order chi connectivity index (χ1) is 5.63. The van der Waals surface area contributed by atoms with E-state index in [2.05, 4.69) is 4.74 Å². The quantitative estimate of drug-likeness (QED) is 0.276. The van der Waals surface area contributed by atoms with Crippen LogP contribution < -0.4 is 0 Å². The average Bonchev–Trinajstić information content (AvgIpc) is 2.04. The molecule has 5 heteroatoms. The number of unbranched alkanes of at least 4 members (excludes halogenated alkanes) is 1. The van der Waals surface area contributed by atoms with Crippen LogP contribution in [0.2, 0.25) is 0 Å². The highest BCUT2D eigenvalue weighted by atomic mass is 16.6. The summed E-state index contributed by atoms with van der Waals surface area (Å²) in [7, 11) is 1.12. The third-order valence-electron chi connectivity index (χ3n) is 1.22. The van der Waals surface area contributed by atoms with Gasteiger partial charge in [-0.3, -0.25) is 10.1 Å². The number of carbonyl (C=O) groups is 1. The van der Waals surface area contributed by atoms with Crippen LogP contribution in [-0.4, -0.2) is 18.0 Å². The lowest BCUT2D eigenvalue weighted by Gasteiger charge is -1.94. The van der Waals surface area contributed by atoms with Gasteiger partial charge in [-0.05, 0) is 6.42 Å². The van der Waals surface area contributed by atoms with Crippen LogP contribution in [0.15, 0.2) is 11.8 Å². The molecule has 0 N–H and O–H groups in total. The Hall–Kier alpha value is -1.39. The van der Waals surface area contributed by atoms with Gasteiger partial charge in [0.05, 0.1) is 12.0 Å². The molecule has 0 unspecified atom stereocenters. The molecule has 0 aromatic rings. The summed E-state index contributed by atoms with van der Waals surface area (Å²) in [6, 6.07) is 0. The Kier molecular flexibility index (Phi) is 4.67. The smallest absolute Gasteiger partial charge is 0.409 e. The van der Waals surface area contributed by atoms with E-state index in [0.717, 1.165) is 13.5 Å². The van der Waals surface area contributed by atoms with E-state index in [0.29, 0.717) is 6.42 Å². The molecule has 5 nitrogen and oxygen atoms in total. The van der Waals surface area contributed by atoms with Gasteiger partial charge in [0, 0.05) is 6.08 Å². The van der Waals surface area contributed by atoms with Crippen LogP contribution in [0, 0.1) is 10.1 Å². The van der Waals surface area contributed by atoms with Crippen molar-refractivity contribution in [2.45, 2.75) is 19.8 Å². The average molecular weight is 173 g/mol. The highest BCUT2D eigenvalue weighted by Gasteiger charge is 2.21. The Labute approximate surface area is 70.2 Å². The molecule has 0 aromatic heterocycles. The molecular formula is C7H11NO4. The van der Waals surface area contributed by atoms with Gasteiger partial charge >= 0.3 is 11.7 Å². The molecule has 68 valence electrons. The number of hydrogen-bond acceptors (Lipinski definition) is 4. The van der Waals surface area contributed by atoms with Crippen molar-refractivity contribution in [2.24, 2.45) is 0 Å². The van der Waals surface area contributed by atoms with Crippen LogP contribution in [0.25, 0.3) is 0 Å². The number of nitrogens with zero attached hydrogens (tertiary/aromatic N) is 1. The van der Waals surface area contributed by atoms with Crippen molar-refractivity contribution in [3.05, 3.63) is 21.9 Å². The van der Waals surface area contributed by atoms with E-state index in [1.54, 1.807) is 0 Å². The van der Waals surface area contributed by atoms with Crippen molar-refractivity contribution in [2.75, 3.05) is 7.11 Å². The molecule has 0 aliphatic rings. The number of rotatable bonds is 4. The first-order valence-corrected chi connectivity index (χ1v) is 3.56. The molecule has 0 rings (SSSR count). The van der Waals surface area contributed by atoms with E-state index in [4.69, 9.17) is 0 Å². The molecule has 0 radical (unpaired) electrons. The van der Waals surface area contributed by atoms with Gasteiger partial charge in [0.2, 0.25) is 0 Å². The summed E-state index contributed by atoms with van der Waals surface area (Å²) in [6.45, 7) is 1.87. The van der Waals surface area contributed by atoms with E-state index in [-0.39, 0.29) is 0 Å². The van der Waals surface area contributed by atoms with Gasteiger partial charge in [-0.1, -0.05) is 13.3 Å². The normalized spacial score (nSPS) is 11.0. The Morgan fingerprint density at radius 1 is 1.67 bits per heavy atom. The topological polar surface area (TPSA) is 69.4 Å². The zero-order valence-electron chi connectivity index (χ0n) is 7.07. The van der Waals surface area contributed by atoms with Crippen LogP contribution in [0.3, 0.4) is 0 Å². The predicted octanol–water partition coefficient (Wildman–Crippen LogP) is 1.12. The Morgan fingerprint density at radius 2 is 2.25 bits per heavy atom. The molecule has 0 fully saturated rings. The minimum Gasteiger partial charge on any atom is -0.461 e. The maximum absolute atomic E-state index is 10.7. The van der Waals surface area contributed by atoms with E-state index >= 15 is 0 Å². The first kappa shape index (κ1) is 10.6. The molecule has 0 atom stereocenters.